The van der Waals surface area contributed by atoms with E-state index in [1.54, 1.807) is 4.57 Å². The van der Waals surface area contributed by atoms with E-state index in [-0.39, 0.29) is 5.56 Å². The van der Waals surface area contributed by atoms with E-state index in [9.17, 15) is 9.59 Å². The standard InChI is InChI=1S/C34H27ClN2O4S/c1-3-27-30(33(39)40-2)31(23-10-5-4-6-11-23)37-32(38)29(42-34(37)36-27)19-26-25-12-8-7-9-22(25)15-18-28(26)41-20-21-13-16-24(35)17-14-21/h4-19,31H,3,20H2,1-2H3/b29-19+/t31-/m0/s1. The number of carbonyl (C=O) groups is 1. The molecule has 0 saturated carbocycles. The Kier molecular flexibility index (Phi) is 7.78. The maximum atomic E-state index is 14.2. The fourth-order valence-corrected chi connectivity index (χ4v) is 6.37. The zero-order valence-corrected chi connectivity index (χ0v) is 24.6. The predicted molar refractivity (Wildman–Crippen MR) is 167 cm³/mol. The summed E-state index contributed by atoms with van der Waals surface area (Å²) in [5.41, 5.74) is 3.34. The van der Waals surface area contributed by atoms with Gasteiger partial charge < -0.3 is 9.47 Å². The maximum absolute atomic E-state index is 14.2. The Hall–Kier alpha value is -4.46. The van der Waals surface area contributed by atoms with Crippen LogP contribution in [0.2, 0.25) is 5.02 Å². The fourth-order valence-electron chi connectivity index (χ4n) is 5.24. The Morgan fingerprint density at radius 3 is 2.48 bits per heavy atom. The van der Waals surface area contributed by atoms with Gasteiger partial charge in [0.1, 0.15) is 12.4 Å². The largest absolute Gasteiger partial charge is 0.488 e. The number of aromatic nitrogens is 1. The van der Waals surface area contributed by atoms with Crippen molar-refractivity contribution in [1.82, 2.24) is 4.57 Å². The number of fused-ring (bicyclic) bond motifs is 2. The van der Waals surface area contributed by atoms with Gasteiger partial charge in [-0.2, -0.15) is 0 Å². The lowest BCUT2D eigenvalue weighted by atomic mass is 9.95. The number of nitrogens with zero attached hydrogens (tertiary/aromatic N) is 2. The van der Waals surface area contributed by atoms with E-state index < -0.39 is 12.0 Å². The molecule has 0 unspecified atom stereocenters. The summed E-state index contributed by atoms with van der Waals surface area (Å²) in [6, 6.07) is 28.3. The molecule has 1 aromatic heterocycles. The fraction of sp³-hybridized carbons (Fsp3) is 0.147. The molecule has 210 valence electrons. The van der Waals surface area contributed by atoms with Crippen LogP contribution in [-0.4, -0.2) is 17.6 Å². The van der Waals surface area contributed by atoms with Crippen LogP contribution in [0.3, 0.4) is 0 Å². The van der Waals surface area contributed by atoms with E-state index in [0.717, 1.165) is 27.5 Å². The van der Waals surface area contributed by atoms with Crippen molar-refractivity contribution in [1.29, 1.82) is 0 Å². The lowest BCUT2D eigenvalue weighted by molar-refractivity contribution is -0.136. The number of thiazole rings is 1. The molecule has 8 heteroatoms. The van der Waals surface area contributed by atoms with Crippen LogP contribution >= 0.6 is 22.9 Å². The molecule has 1 aliphatic heterocycles. The third-order valence-corrected chi connectivity index (χ3v) is 8.51. The second-order valence-electron chi connectivity index (χ2n) is 9.81. The molecule has 0 radical (unpaired) electrons. The lowest BCUT2D eigenvalue weighted by Gasteiger charge is -2.25. The number of hydrogen-bond acceptors (Lipinski definition) is 6. The summed E-state index contributed by atoms with van der Waals surface area (Å²) in [5, 5.41) is 2.65. The molecule has 0 spiro atoms. The van der Waals surface area contributed by atoms with Crippen LogP contribution in [0.1, 0.15) is 36.1 Å². The topological polar surface area (TPSA) is 69.9 Å². The second kappa shape index (κ2) is 11.8. The highest BCUT2D eigenvalue weighted by molar-refractivity contribution is 7.07. The van der Waals surface area contributed by atoms with Gasteiger partial charge in [-0.3, -0.25) is 9.36 Å². The first-order chi connectivity index (χ1) is 20.5. The number of esters is 1. The molecule has 0 N–H and O–H groups in total. The van der Waals surface area contributed by atoms with E-state index in [4.69, 9.17) is 26.1 Å². The molecule has 1 atom stereocenters. The Balaban J connectivity index is 1.54. The zero-order valence-electron chi connectivity index (χ0n) is 23.0. The predicted octanol–water partition coefficient (Wildman–Crippen LogP) is 6.18. The first-order valence-electron chi connectivity index (χ1n) is 13.6. The summed E-state index contributed by atoms with van der Waals surface area (Å²) in [4.78, 5) is 32.5. The molecule has 0 saturated heterocycles. The van der Waals surface area contributed by atoms with Crippen LogP contribution in [0, 0.1) is 0 Å². The van der Waals surface area contributed by atoms with Gasteiger partial charge in [0.05, 0.1) is 29.0 Å². The maximum Gasteiger partial charge on any atom is 0.338 e. The average Bonchev–Trinajstić information content (AvgIpc) is 3.34. The SMILES string of the molecule is CCC1=C(C(=O)OC)[C@H](c2ccccc2)n2c(s/c(=C/c3c(OCc4ccc(Cl)cc4)ccc4ccccc34)c2=O)=N1. The smallest absolute Gasteiger partial charge is 0.338 e. The monoisotopic (exact) mass is 594 g/mol. The number of ether oxygens (including phenoxy) is 2. The van der Waals surface area contributed by atoms with Crippen molar-refractivity contribution in [3.05, 3.63) is 144 Å². The molecular weight excluding hydrogens is 568 g/mol. The summed E-state index contributed by atoms with van der Waals surface area (Å²) in [6.07, 6.45) is 2.39. The van der Waals surface area contributed by atoms with Gasteiger partial charge in [0.15, 0.2) is 4.80 Å². The minimum Gasteiger partial charge on any atom is -0.488 e. The van der Waals surface area contributed by atoms with Crippen molar-refractivity contribution in [3.63, 3.8) is 0 Å². The average molecular weight is 595 g/mol. The Labute approximate surface area is 251 Å². The summed E-state index contributed by atoms with van der Waals surface area (Å²) < 4.78 is 13.6. The number of benzene rings is 4. The van der Waals surface area contributed by atoms with Crippen molar-refractivity contribution in [2.45, 2.75) is 26.0 Å². The van der Waals surface area contributed by atoms with Crippen molar-refractivity contribution in [2.75, 3.05) is 7.11 Å². The zero-order chi connectivity index (χ0) is 29.2. The van der Waals surface area contributed by atoms with Crippen LogP contribution < -0.4 is 19.6 Å². The highest BCUT2D eigenvalue weighted by atomic mass is 35.5. The van der Waals surface area contributed by atoms with Crippen LogP contribution in [0.5, 0.6) is 5.75 Å². The first-order valence-corrected chi connectivity index (χ1v) is 14.7. The first kappa shape index (κ1) is 27.7. The number of allylic oxidation sites excluding steroid dienone is 1. The van der Waals surface area contributed by atoms with Gasteiger partial charge in [-0.25, -0.2) is 9.79 Å². The van der Waals surface area contributed by atoms with Gasteiger partial charge in [-0.05, 0) is 52.6 Å². The van der Waals surface area contributed by atoms with E-state index in [1.165, 1.54) is 18.4 Å². The Bertz CT molecular complexity index is 2010. The van der Waals surface area contributed by atoms with E-state index in [2.05, 4.69) is 0 Å². The van der Waals surface area contributed by atoms with Crippen LogP contribution in [-0.2, 0) is 16.1 Å². The van der Waals surface area contributed by atoms with Crippen molar-refractivity contribution < 1.29 is 14.3 Å². The normalized spacial score (nSPS) is 14.9. The molecule has 4 aromatic carbocycles. The van der Waals surface area contributed by atoms with E-state index in [1.807, 2.05) is 104 Å². The molecule has 1 aliphatic rings. The number of rotatable bonds is 7. The summed E-state index contributed by atoms with van der Waals surface area (Å²) in [6.45, 7) is 2.28. The highest BCUT2D eigenvalue weighted by Gasteiger charge is 2.33. The number of halogens is 1. The summed E-state index contributed by atoms with van der Waals surface area (Å²) >= 11 is 7.36. The molecule has 6 nitrogen and oxygen atoms in total. The van der Waals surface area contributed by atoms with Crippen molar-refractivity contribution in [3.8, 4) is 5.75 Å². The van der Waals surface area contributed by atoms with Gasteiger partial charge in [-0.15, -0.1) is 0 Å². The third-order valence-electron chi connectivity index (χ3n) is 7.28. The van der Waals surface area contributed by atoms with Gasteiger partial charge >= 0.3 is 5.97 Å². The van der Waals surface area contributed by atoms with Gasteiger partial charge in [-0.1, -0.05) is 103 Å². The molecule has 0 bridgehead atoms. The van der Waals surface area contributed by atoms with E-state index in [0.29, 0.717) is 44.4 Å². The Morgan fingerprint density at radius 1 is 1.00 bits per heavy atom. The molecule has 0 amide bonds. The quantitative estimate of drug-likeness (QED) is 0.211. The van der Waals surface area contributed by atoms with Crippen LogP contribution in [0.25, 0.3) is 16.8 Å². The number of carbonyl (C=O) groups excluding carboxylic acids is 1. The molecule has 2 heterocycles. The van der Waals surface area contributed by atoms with Gasteiger partial charge in [0.25, 0.3) is 5.56 Å². The highest BCUT2D eigenvalue weighted by Crippen LogP contribution is 2.32. The third kappa shape index (κ3) is 5.17. The minimum absolute atomic E-state index is 0.235. The number of hydrogen-bond donors (Lipinski definition) is 0. The molecule has 0 aliphatic carbocycles. The summed E-state index contributed by atoms with van der Waals surface area (Å²) in [5.74, 6) is 0.157. The lowest BCUT2D eigenvalue weighted by Crippen LogP contribution is -2.40. The molecular formula is C34H27ClN2O4S. The van der Waals surface area contributed by atoms with Gasteiger partial charge in [0.2, 0.25) is 0 Å². The Morgan fingerprint density at radius 2 is 1.74 bits per heavy atom. The van der Waals surface area contributed by atoms with Crippen molar-refractivity contribution >= 4 is 45.8 Å². The van der Waals surface area contributed by atoms with Crippen molar-refractivity contribution in [2.24, 2.45) is 4.99 Å². The number of methoxy groups -OCH3 is 1. The second-order valence-corrected chi connectivity index (χ2v) is 11.3. The molecule has 0 fully saturated rings. The molecule has 5 aromatic rings. The van der Waals surface area contributed by atoms with Gasteiger partial charge in [0, 0.05) is 10.6 Å². The van der Waals surface area contributed by atoms with Crippen LogP contribution in [0.4, 0.5) is 0 Å². The molecule has 6 rings (SSSR count). The van der Waals surface area contributed by atoms with Crippen LogP contribution in [0.15, 0.2) is 112 Å². The van der Waals surface area contributed by atoms with E-state index >= 15 is 0 Å². The molecule has 42 heavy (non-hydrogen) atoms. The summed E-state index contributed by atoms with van der Waals surface area (Å²) in [7, 11) is 1.35. The minimum atomic E-state index is -0.653.